The van der Waals surface area contributed by atoms with Crippen molar-refractivity contribution in [1.29, 1.82) is 0 Å². The number of hydrogen-bond acceptors (Lipinski definition) is 2. The number of thiophene rings is 1. The molecule has 3 heteroatoms. The van der Waals surface area contributed by atoms with Gasteiger partial charge in [-0.25, -0.2) is 0 Å². The second kappa shape index (κ2) is 5.28. The first kappa shape index (κ1) is 11.4. The molecule has 0 amide bonds. The van der Waals surface area contributed by atoms with Gasteiger partial charge in [0.05, 0.1) is 0 Å². The van der Waals surface area contributed by atoms with Crippen molar-refractivity contribution in [1.82, 2.24) is 0 Å². The molecule has 0 fully saturated rings. The summed E-state index contributed by atoms with van der Waals surface area (Å²) in [6.45, 7) is 0. The Kier molecular flexibility index (Phi) is 3.75. The number of benzene rings is 1. The van der Waals surface area contributed by atoms with Crippen LogP contribution >= 0.6 is 22.9 Å². The van der Waals surface area contributed by atoms with Gasteiger partial charge in [0.2, 0.25) is 0 Å². The molecule has 0 unspecified atom stereocenters. The third-order valence-corrected chi connectivity index (χ3v) is 3.53. The number of aryl methyl sites for hydroxylation is 1. The largest absolute Gasteiger partial charge is 0.294 e. The van der Waals surface area contributed by atoms with Crippen LogP contribution in [0.25, 0.3) is 0 Å². The van der Waals surface area contributed by atoms with Crippen molar-refractivity contribution in [3.63, 3.8) is 0 Å². The van der Waals surface area contributed by atoms with E-state index in [4.69, 9.17) is 11.6 Å². The van der Waals surface area contributed by atoms with Crippen LogP contribution in [0.2, 0.25) is 5.02 Å². The van der Waals surface area contributed by atoms with Gasteiger partial charge in [0.1, 0.15) is 0 Å². The van der Waals surface area contributed by atoms with E-state index in [0.717, 1.165) is 12.0 Å². The van der Waals surface area contributed by atoms with Crippen LogP contribution in [-0.4, -0.2) is 5.78 Å². The van der Waals surface area contributed by atoms with Crippen LogP contribution in [0.5, 0.6) is 0 Å². The molecule has 2 rings (SSSR count). The average molecular weight is 251 g/mol. The van der Waals surface area contributed by atoms with Crippen molar-refractivity contribution in [2.45, 2.75) is 12.8 Å². The van der Waals surface area contributed by atoms with Crippen LogP contribution in [0.4, 0.5) is 0 Å². The van der Waals surface area contributed by atoms with Gasteiger partial charge in [-0.2, -0.15) is 0 Å². The monoisotopic (exact) mass is 250 g/mol. The van der Waals surface area contributed by atoms with Crippen LogP contribution in [0, 0.1) is 0 Å². The first-order chi connectivity index (χ1) is 7.75. The highest BCUT2D eigenvalue weighted by atomic mass is 35.5. The summed E-state index contributed by atoms with van der Waals surface area (Å²) in [7, 11) is 0. The van der Waals surface area contributed by atoms with E-state index >= 15 is 0 Å². The summed E-state index contributed by atoms with van der Waals surface area (Å²) in [4.78, 5) is 13.1. The van der Waals surface area contributed by atoms with Gasteiger partial charge < -0.3 is 0 Å². The Labute approximate surface area is 104 Å². The molecule has 0 saturated carbocycles. The Morgan fingerprint density at radius 1 is 1.19 bits per heavy atom. The fourth-order valence-electron chi connectivity index (χ4n) is 1.47. The van der Waals surface area contributed by atoms with Gasteiger partial charge in [0, 0.05) is 21.9 Å². The summed E-state index contributed by atoms with van der Waals surface area (Å²) < 4.78 is 0. The number of hydrogen-bond donors (Lipinski definition) is 0. The second-order valence-electron chi connectivity index (χ2n) is 3.51. The first-order valence-electron chi connectivity index (χ1n) is 5.07. The zero-order chi connectivity index (χ0) is 11.4. The van der Waals surface area contributed by atoms with E-state index in [-0.39, 0.29) is 5.78 Å². The van der Waals surface area contributed by atoms with Gasteiger partial charge in [0.15, 0.2) is 5.78 Å². The molecule has 0 radical (unpaired) electrons. The Morgan fingerprint density at radius 2 is 1.94 bits per heavy atom. The molecule has 0 spiro atoms. The van der Waals surface area contributed by atoms with Gasteiger partial charge in [0.25, 0.3) is 0 Å². The van der Waals surface area contributed by atoms with E-state index in [2.05, 4.69) is 6.07 Å². The minimum Gasteiger partial charge on any atom is -0.294 e. The lowest BCUT2D eigenvalue weighted by Gasteiger charge is -2.00. The molecule has 1 aromatic heterocycles. The lowest BCUT2D eigenvalue weighted by molar-refractivity contribution is 0.0983. The first-order valence-corrected chi connectivity index (χ1v) is 6.32. The highest BCUT2D eigenvalue weighted by Gasteiger charge is 2.06. The minimum absolute atomic E-state index is 0.171. The number of rotatable bonds is 4. The zero-order valence-corrected chi connectivity index (χ0v) is 10.2. The molecule has 2 aromatic rings. The summed E-state index contributed by atoms with van der Waals surface area (Å²) in [5.74, 6) is 0.171. The van der Waals surface area contributed by atoms with Crippen LogP contribution in [0.3, 0.4) is 0 Å². The molecule has 0 atom stereocenters. The fraction of sp³-hybridized carbons (Fsp3) is 0.154. The molecule has 0 saturated heterocycles. The van der Waals surface area contributed by atoms with Crippen molar-refractivity contribution in [2.75, 3.05) is 0 Å². The maximum atomic E-state index is 11.8. The summed E-state index contributed by atoms with van der Waals surface area (Å²) in [5.41, 5.74) is 0.737. The maximum absolute atomic E-state index is 11.8. The van der Waals surface area contributed by atoms with E-state index in [0.29, 0.717) is 11.4 Å². The molecule has 16 heavy (non-hydrogen) atoms. The van der Waals surface area contributed by atoms with Gasteiger partial charge in [-0.1, -0.05) is 17.7 Å². The van der Waals surface area contributed by atoms with E-state index < -0.39 is 0 Å². The van der Waals surface area contributed by atoms with Gasteiger partial charge >= 0.3 is 0 Å². The Morgan fingerprint density at radius 3 is 2.56 bits per heavy atom. The van der Waals surface area contributed by atoms with Crippen LogP contribution in [0.1, 0.15) is 21.7 Å². The Hall–Kier alpha value is -1.12. The SMILES string of the molecule is O=C(CCc1cccs1)c1ccc(Cl)cc1. The summed E-state index contributed by atoms with van der Waals surface area (Å²) in [6, 6.07) is 11.1. The molecule has 1 heterocycles. The summed E-state index contributed by atoms with van der Waals surface area (Å²) in [5, 5.41) is 2.69. The van der Waals surface area contributed by atoms with Crippen LogP contribution < -0.4 is 0 Å². The quantitative estimate of drug-likeness (QED) is 0.743. The van der Waals surface area contributed by atoms with Gasteiger partial charge in [-0.3, -0.25) is 4.79 Å². The molecule has 0 aliphatic carbocycles. The third-order valence-electron chi connectivity index (χ3n) is 2.34. The van der Waals surface area contributed by atoms with E-state index in [1.54, 1.807) is 35.6 Å². The van der Waals surface area contributed by atoms with Crippen molar-refractivity contribution < 1.29 is 4.79 Å². The number of carbonyl (C=O) groups excluding carboxylic acids is 1. The molecule has 0 bridgehead atoms. The molecule has 82 valence electrons. The zero-order valence-electron chi connectivity index (χ0n) is 8.65. The van der Waals surface area contributed by atoms with Crippen molar-refractivity contribution >= 4 is 28.7 Å². The minimum atomic E-state index is 0.171. The molecular formula is C13H11ClOS. The fourth-order valence-corrected chi connectivity index (χ4v) is 2.31. The third kappa shape index (κ3) is 2.94. The number of halogens is 1. The van der Waals surface area contributed by atoms with E-state index in [9.17, 15) is 4.79 Å². The van der Waals surface area contributed by atoms with Gasteiger partial charge in [-0.05, 0) is 42.1 Å². The summed E-state index contributed by atoms with van der Waals surface area (Å²) in [6.07, 6.45) is 1.38. The normalized spacial score (nSPS) is 10.3. The van der Waals surface area contributed by atoms with Crippen molar-refractivity contribution in [3.8, 4) is 0 Å². The lowest BCUT2D eigenvalue weighted by atomic mass is 10.1. The highest BCUT2D eigenvalue weighted by molar-refractivity contribution is 7.09. The standard InChI is InChI=1S/C13H11ClOS/c14-11-5-3-10(4-6-11)13(15)8-7-12-2-1-9-16-12/h1-6,9H,7-8H2. The predicted molar refractivity (Wildman–Crippen MR) is 68.4 cm³/mol. The van der Waals surface area contributed by atoms with E-state index in [1.165, 1.54) is 4.88 Å². The summed E-state index contributed by atoms with van der Waals surface area (Å²) >= 11 is 7.45. The van der Waals surface area contributed by atoms with Crippen molar-refractivity contribution in [2.24, 2.45) is 0 Å². The molecule has 0 aliphatic heterocycles. The lowest BCUT2D eigenvalue weighted by Crippen LogP contribution is -1.99. The van der Waals surface area contributed by atoms with Gasteiger partial charge in [-0.15, -0.1) is 11.3 Å². The molecule has 1 aromatic carbocycles. The molecular weight excluding hydrogens is 240 g/mol. The maximum Gasteiger partial charge on any atom is 0.163 e. The smallest absolute Gasteiger partial charge is 0.163 e. The molecule has 0 aliphatic rings. The number of ketones is 1. The highest BCUT2D eigenvalue weighted by Crippen LogP contribution is 2.15. The second-order valence-corrected chi connectivity index (χ2v) is 4.98. The Bertz CT molecular complexity index is 459. The number of carbonyl (C=O) groups is 1. The Balaban J connectivity index is 1.95. The topological polar surface area (TPSA) is 17.1 Å². The van der Waals surface area contributed by atoms with Crippen LogP contribution in [-0.2, 0) is 6.42 Å². The molecule has 0 N–H and O–H groups in total. The van der Waals surface area contributed by atoms with Crippen LogP contribution in [0.15, 0.2) is 41.8 Å². The average Bonchev–Trinajstić information content (AvgIpc) is 2.80. The van der Waals surface area contributed by atoms with E-state index in [1.807, 2.05) is 11.4 Å². The predicted octanol–water partition coefficient (Wildman–Crippen LogP) is 4.22. The van der Waals surface area contributed by atoms with Crippen molar-refractivity contribution in [3.05, 3.63) is 57.2 Å². The molecule has 1 nitrogen and oxygen atoms in total. The number of Topliss-reactive ketones (excluding diaryl/α,β-unsaturated/α-hetero) is 1.